The molecule has 11 heteroatoms. The molecule has 3 aromatic heterocycles. The van der Waals surface area contributed by atoms with Crippen molar-refractivity contribution >= 4 is 64.6 Å². The van der Waals surface area contributed by atoms with E-state index in [4.69, 9.17) is 5.11 Å². The summed E-state index contributed by atoms with van der Waals surface area (Å²) in [5.74, 6) is 0. The number of aliphatic hydroxyl groups excluding tert-OH is 1. The van der Waals surface area contributed by atoms with Crippen LogP contribution in [0.3, 0.4) is 0 Å². The Labute approximate surface area is 208 Å². The molecular formula is C16H25BBrN3NaO2S3. The number of thiazole rings is 3. The van der Waals surface area contributed by atoms with E-state index in [2.05, 4.69) is 30.9 Å². The molecule has 1 N–H and O–H groups in total. The zero-order valence-electron chi connectivity index (χ0n) is 15.4. The summed E-state index contributed by atoms with van der Waals surface area (Å²) in [6, 6.07) is 0. The van der Waals surface area contributed by atoms with Crippen molar-refractivity contribution in [1.29, 1.82) is 0 Å². The quantitative estimate of drug-likeness (QED) is 0.432. The fourth-order valence-electron chi connectivity index (χ4n) is 1.23. The largest absolute Gasteiger partial charge is 1.00 e. The monoisotopic (exact) mass is 500 g/mol. The van der Waals surface area contributed by atoms with Gasteiger partial charge < -0.3 is 6.53 Å². The Kier molecular flexibility index (Phi) is 24.8. The number of hydrogen-bond acceptors (Lipinski definition) is 8. The normalized spacial score (nSPS) is 8.04. The summed E-state index contributed by atoms with van der Waals surface area (Å²) < 4.78 is 0.963. The van der Waals surface area contributed by atoms with Crippen molar-refractivity contribution in [2.24, 2.45) is 0 Å². The third-order valence-electron chi connectivity index (χ3n) is 2.14. The number of nitrogens with zero attached hydrogens (tertiary/aromatic N) is 3. The van der Waals surface area contributed by atoms with Crippen LogP contribution in [0.25, 0.3) is 0 Å². The number of aliphatic hydroxyl groups is 1. The molecule has 145 valence electrons. The van der Waals surface area contributed by atoms with Crippen molar-refractivity contribution in [3.8, 4) is 0 Å². The maximum Gasteiger partial charge on any atom is 1.00 e. The first-order chi connectivity index (χ1) is 10.9. The molecule has 0 aliphatic heterocycles. The van der Waals surface area contributed by atoms with Gasteiger partial charge >= 0.3 is 29.6 Å². The van der Waals surface area contributed by atoms with E-state index in [0.717, 1.165) is 25.0 Å². The number of aryl methyl sites for hydroxylation is 3. The van der Waals surface area contributed by atoms with Crippen molar-refractivity contribution in [3.63, 3.8) is 0 Å². The van der Waals surface area contributed by atoms with Gasteiger partial charge in [0, 0.05) is 41.6 Å². The first-order valence-corrected chi connectivity index (χ1v) is 9.66. The zero-order chi connectivity index (χ0) is 17.2. The third-order valence-corrected chi connectivity index (χ3v) is 5.26. The minimum atomic E-state index is 0. The van der Waals surface area contributed by atoms with E-state index in [9.17, 15) is 4.79 Å². The first kappa shape index (κ1) is 34.6. The average molecular weight is 501 g/mol. The number of aromatic nitrogens is 3. The van der Waals surface area contributed by atoms with Crippen LogP contribution in [-0.2, 0) is 6.61 Å². The van der Waals surface area contributed by atoms with E-state index in [1.165, 1.54) is 27.6 Å². The van der Waals surface area contributed by atoms with Gasteiger partial charge in [-0.1, -0.05) is 14.9 Å². The molecule has 0 unspecified atom stereocenters. The molecule has 0 aliphatic carbocycles. The van der Waals surface area contributed by atoms with Gasteiger partial charge in [-0.25, -0.2) is 15.0 Å². The zero-order valence-corrected chi connectivity index (χ0v) is 20.4. The van der Waals surface area contributed by atoms with Crippen LogP contribution in [0, 0.1) is 20.8 Å². The smallest absolute Gasteiger partial charge is 1.00 e. The van der Waals surface area contributed by atoms with Gasteiger partial charge in [0.2, 0.25) is 0 Å². The van der Waals surface area contributed by atoms with Crippen molar-refractivity contribution < 1.29 is 40.9 Å². The standard InChI is InChI=1S/C5H7NOS.C5H5NOS.C4H4BrNS.2CH4.B.Na.H/c2*1-4-2-6-5(3-7)8-4;1-3-2-6-4(5)7-3;;;;;/h2,7H,3H2,1H3;2-3H,1H3;2H,1H3;2*1H4;;;/q;;;;;;+1;-1. The van der Waals surface area contributed by atoms with E-state index < -0.39 is 0 Å². The van der Waals surface area contributed by atoms with Crippen molar-refractivity contribution in [2.75, 3.05) is 0 Å². The Bertz CT molecular complexity index is 728. The number of hydrogen-bond donors (Lipinski definition) is 1. The summed E-state index contributed by atoms with van der Waals surface area (Å²) >= 11 is 7.82. The Morgan fingerprint density at radius 3 is 1.67 bits per heavy atom. The third kappa shape index (κ3) is 15.6. The number of carbonyl (C=O) groups is 1. The van der Waals surface area contributed by atoms with Crippen LogP contribution < -0.4 is 29.6 Å². The average Bonchev–Trinajstić information content (AvgIpc) is 3.23. The summed E-state index contributed by atoms with van der Waals surface area (Å²) in [5, 5.41) is 9.85. The summed E-state index contributed by atoms with van der Waals surface area (Å²) in [6.45, 7) is 5.99. The minimum absolute atomic E-state index is 0. The van der Waals surface area contributed by atoms with Gasteiger partial charge in [0.15, 0.2) is 15.2 Å². The molecule has 0 atom stereocenters. The van der Waals surface area contributed by atoms with Crippen LogP contribution in [0.1, 0.15) is 45.7 Å². The number of rotatable bonds is 2. The SMILES string of the molecule is C.C.Cc1cnc(Br)s1.Cc1cnc(C=O)s1.Cc1cnc(CO)s1.[B].[H-].[Na+]. The van der Waals surface area contributed by atoms with Gasteiger partial charge in [-0.2, -0.15) is 0 Å². The summed E-state index contributed by atoms with van der Waals surface area (Å²) in [6.07, 6.45) is 6.05. The molecule has 0 aliphatic rings. The van der Waals surface area contributed by atoms with Gasteiger partial charge in [-0.15, -0.1) is 34.0 Å². The number of carbonyl (C=O) groups excluding carboxylic acids is 1. The second kappa shape index (κ2) is 19.4. The molecule has 27 heavy (non-hydrogen) atoms. The van der Waals surface area contributed by atoms with Crippen molar-refractivity contribution in [1.82, 2.24) is 15.0 Å². The fraction of sp³-hybridized carbons (Fsp3) is 0.375. The van der Waals surface area contributed by atoms with Gasteiger partial charge in [0.05, 0.1) is 6.61 Å². The summed E-state index contributed by atoms with van der Waals surface area (Å²) in [5.41, 5.74) is 0. The number of aldehydes is 1. The number of halogens is 1. The Hall–Kier alpha value is 0.0649. The topological polar surface area (TPSA) is 76.0 Å². The van der Waals surface area contributed by atoms with Crippen LogP contribution >= 0.6 is 49.9 Å². The van der Waals surface area contributed by atoms with Crippen LogP contribution in [0.4, 0.5) is 0 Å². The van der Waals surface area contributed by atoms with E-state index in [-0.39, 0.29) is 60.9 Å². The van der Waals surface area contributed by atoms with Gasteiger partial charge in [-0.3, -0.25) is 4.79 Å². The molecule has 0 fully saturated rings. The predicted octanol–water partition coefficient (Wildman–Crippen LogP) is 2.43. The van der Waals surface area contributed by atoms with E-state index in [1.807, 2.05) is 27.0 Å². The second-order valence-corrected chi connectivity index (χ2v) is 9.27. The minimum Gasteiger partial charge on any atom is -1.00 e. The molecule has 0 spiro atoms. The predicted molar refractivity (Wildman–Crippen MR) is 120 cm³/mol. The molecular weight excluding hydrogens is 476 g/mol. The fourth-order valence-corrected chi connectivity index (χ4v) is 3.81. The Morgan fingerprint density at radius 2 is 1.48 bits per heavy atom. The van der Waals surface area contributed by atoms with Crippen LogP contribution in [0.2, 0.25) is 0 Å². The Balaban J connectivity index is -0.0000000869. The molecule has 3 rings (SSSR count). The maximum atomic E-state index is 9.97. The van der Waals surface area contributed by atoms with Gasteiger partial charge in [-0.05, 0) is 36.7 Å². The van der Waals surface area contributed by atoms with Crippen molar-refractivity contribution in [3.05, 3.63) is 47.2 Å². The second-order valence-electron chi connectivity index (χ2n) is 4.17. The first-order valence-electron chi connectivity index (χ1n) is 6.42. The molecule has 0 aromatic carbocycles. The van der Waals surface area contributed by atoms with E-state index in [0.29, 0.717) is 5.01 Å². The van der Waals surface area contributed by atoms with Crippen LogP contribution in [0.5, 0.6) is 0 Å². The van der Waals surface area contributed by atoms with Gasteiger partial charge in [0.25, 0.3) is 0 Å². The molecule has 0 saturated heterocycles. The summed E-state index contributed by atoms with van der Waals surface area (Å²) in [4.78, 5) is 25.1. The molecule has 5 nitrogen and oxygen atoms in total. The summed E-state index contributed by atoms with van der Waals surface area (Å²) in [7, 11) is 0. The molecule has 3 radical (unpaired) electrons. The molecule has 0 saturated carbocycles. The molecule has 0 bridgehead atoms. The van der Waals surface area contributed by atoms with Crippen molar-refractivity contribution in [2.45, 2.75) is 42.2 Å². The van der Waals surface area contributed by atoms with Gasteiger partial charge in [0.1, 0.15) is 5.01 Å². The van der Waals surface area contributed by atoms with E-state index >= 15 is 0 Å². The Morgan fingerprint density at radius 1 is 1.00 bits per heavy atom. The molecule has 3 heterocycles. The van der Waals surface area contributed by atoms with E-state index in [1.54, 1.807) is 23.7 Å². The molecule has 3 aromatic rings. The van der Waals surface area contributed by atoms with Crippen LogP contribution in [0.15, 0.2) is 22.5 Å². The maximum absolute atomic E-state index is 9.97. The van der Waals surface area contributed by atoms with Crippen LogP contribution in [-0.4, -0.2) is 34.8 Å². The molecule has 0 amide bonds.